The number of nitrogens with one attached hydrogen (secondary N) is 1. The van der Waals surface area contributed by atoms with E-state index in [0.29, 0.717) is 43.2 Å². The highest BCUT2D eigenvalue weighted by Crippen LogP contribution is 2.39. The van der Waals surface area contributed by atoms with E-state index < -0.39 is 24.5 Å². The molecule has 0 spiro atoms. The van der Waals surface area contributed by atoms with Crippen LogP contribution in [0.15, 0.2) is 18.2 Å². The van der Waals surface area contributed by atoms with E-state index in [1.165, 1.54) is 6.92 Å². The molecule has 30 heavy (non-hydrogen) atoms. The van der Waals surface area contributed by atoms with Gasteiger partial charge in [0.15, 0.2) is 18.1 Å². The third kappa shape index (κ3) is 3.83. The molecule has 0 radical (unpaired) electrons. The van der Waals surface area contributed by atoms with Crippen LogP contribution in [0.4, 0.5) is 5.69 Å². The molecule has 2 heterocycles. The van der Waals surface area contributed by atoms with Gasteiger partial charge >= 0.3 is 5.97 Å². The van der Waals surface area contributed by atoms with Crippen molar-refractivity contribution in [3.05, 3.63) is 18.2 Å². The van der Waals surface area contributed by atoms with Gasteiger partial charge in [-0.1, -0.05) is 12.8 Å². The number of ether oxygens (including phenoxy) is 3. The third-order valence-electron chi connectivity index (χ3n) is 5.78. The van der Waals surface area contributed by atoms with E-state index in [4.69, 9.17) is 14.2 Å². The van der Waals surface area contributed by atoms with Crippen LogP contribution in [0.5, 0.6) is 11.5 Å². The van der Waals surface area contributed by atoms with Crippen LogP contribution in [0, 0.1) is 11.8 Å². The van der Waals surface area contributed by atoms with Crippen molar-refractivity contribution in [2.75, 3.05) is 25.1 Å². The van der Waals surface area contributed by atoms with Crippen molar-refractivity contribution in [1.82, 2.24) is 4.90 Å². The number of hydrogen-bond donors (Lipinski definition) is 1. The zero-order valence-electron chi connectivity index (χ0n) is 16.7. The standard InChI is InChI=1S/C21H24N2O7/c1-12(23-19(25)14-4-2-3-5-15(14)20(23)26)21(27)30-11-18(24)22-13-6-7-16-17(10-13)29-9-8-28-16/h6-7,10,12,14-15H,2-5,8-9,11H2,1H3,(H,22,24)/t12-,14-,15+/m0/s1. The van der Waals surface area contributed by atoms with Gasteiger partial charge in [0, 0.05) is 11.8 Å². The fraction of sp³-hybridized carbons (Fsp3) is 0.524. The highest BCUT2D eigenvalue weighted by Gasteiger charge is 2.51. The number of carbonyl (C=O) groups is 4. The van der Waals surface area contributed by atoms with Gasteiger partial charge in [-0.05, 0) is 31.9 Å². The normalized spacial score (nSPS) is 23.6. The predicted octanol–water partition coefficient (Wildman–Crippen LogP) is 1.50. The summed E-state index contributed by atoms with van der Waals surface area (Å²) in [5.41, 5.74) is 0.474. The Morgan fingerprint density at radius 3 is 2.40 bits per heavy atom. The van der Waals surface area contributed by atoms with Crippen LogP contribution < -0.4 is 14.8 Å². The number of likely N-dealkylation sites (tertiary alicyclic amines) is 1. The maximum atomic E-state index is 12.6. The molecule has 1 aromatic carbocycles. The first-order valence-electron chi connectivity index (χ1n) is 10.2. The molecule has 0 bridgehead atoms. The van der Waals surface area contributed by atoms with E-state index in [9.17, 15) is 19.2 Å². The molecule has 0 aromatic heterocycles. The first-order chi connectivity index (χ1) is 14.5. The maximum absolute atomic E-state index is 12.6. The summed E-state index contributed by atoms with van der Waals surface area (Å²) in [5, 5.41) is 2.61. The van der Waals surface area contributed by atoms with Crippen LogP contribution in [0.1, 0.15) is 32.6 Å². The fourth-order valence-corrected chi connectivity index (χ4v) is 4.25. The van der Waals surface area contributed by atoms with E-state index in [1.54, 1.807) is 18.2 Å². The molecule has 1 aliphatic carbocycles. The number of fused-ring (bicyclic) bond motifs is 2. The Balaban J connectivity index is 1.31. The highest BCUT2D eigenvalue weighted by atomic mass is 16.6. The van der Waals surface area contributed by atoms with Crippen molar-refractivity contribution in [1.29, 1.82) is 0 Å². The van der Waals surface area contributed by atoms with Crippen LogP contribution >= 0.6 is 0 Å². The van der Waals surface area contributed by atoms with E-state index >= 15 is 0 Å². The Hall–Kier alpha value is -3.10. The minimum Gasteiger partial charge on any atom is -0.486 e. The summed E-state index contributed by atoms with van der Waals surface area (Å²) in [6, 6.07) is 3.90. The average Bonchev–Trinajstić information content (AvgIpc) is 3.02. The smallest absolute Gasteiger partial charge is 0.329 e. The SMILES string of the molecule is C[C@@H](C(=O)OCC(=O)Nc1ccc2c(c1)OCCO2)N1C(=O)[C@H]2CCCC[C@H]2C1=O. The van der Waals surface area contributed by atoms with Gasteiger partial charge in [-0.15, -0.1) is 0 Å². The summed E-state index contributed by atoms with van der Waals surface area (Å²) < 4.78 is 15.9. The molecule has 1 N–H and O–H groups in total. The quantitative estimate of drug-likeness (QED) is 0.572. The zero-order chi connectivity index (χ0) is 21.3. The number of nitrogens with zero attached hydrogens (tertiary/aromatic N) is 1. The van der Waals surface area contributed by atoms with Gasteiger partial charge in [-0.3, -0.25) is 19.3 Å². The molecule has 2 fully saturated rings. The Morgan fingerprint density at radius 2 is 1.73 bits per heavy atom. The van der Waals surface area contributed by atoms with Crippen molar-refractivity contribution in [2.45, 2.75) is 38.6 Å². The lowest BCUT2D eigenvalue weighted by atomic mass is 9.81. The molecule has 1 saturated heterocycles. The van der Waals surface area contributed by atoms with Gasteiger partial charge in [0.25, 0.3) is 5.91 Å². The monoisotopic (exact) mass is 416 g/mol. The summed E-state index contributed by atoms with van der Waals surface area (Å²) in [6.45, 7) is 1.82. The second-order valence-electron chi connectivity index (χ2n) is 7.73. The van der Waals surface area contributed by atoms with Crippen LogP contribution in [0.3, 0.4) is 0 Å². The van der Waals surface area contributed by atoms with E-state index in [1.807, 2.05) is 0 Å². The maximum Gasteiger partial charge on any atom is 0.329 e. The second-order valence-corrected chi connectivity index (χ2v) is 7.73. The number of esters is 1. The van der Waals surface area contributed by atoms with Gasteiger partial charge in [0.2, 0.25) is 11.8 Å². The summed E-state index contributed by atoms with van der Waals surface area (Å²) >= 11 is 0. The van der Waals surface area contributed by atoms with Crippen LogP contribution in [-0.4, -0.2) is 54.5 Å². The van der Waals surface area contributed by atoms with Crippen LogP contribution in [0.2, 0.25) is 0 Å². The lowest BCUT2D eigenvalue weighted by Gasteiger charge is -2.21. The number of anilines is 1. The number of carbonyl (C=O) groups excluding carboxylic acids is 4. The van der Waals surface area contributed by atoms with Crippen molar-refractivity contribution in [3.8, 4) is 11.5 Å². The first kappa shape index (κ1) is 20.2. The Kier molecular flexibility index (Phi) is 5.61. The van der Waals surface area contributed by atoms with E-state index in [2.05, 4.69) is 5.32 Å². The number of benzene rings is 1. The Morgan fingerprint density at radius 1 is 1.10 bits per heavy atom. The summed E-state index contributed by atoms with van der Waals surface area (Å²) in [7, 11) is 0. The minimum absolute atomic E-state index is 0.310. The first-order valence-corrected chi connectivity index (χ1v) is 10.2. The van der Waals surface area contributed by atoms with E-state index in [-0.39, 0.29) is 23.7 Å². The molecule has 2 aliphatic heterocycles. The minimum atomic E-state index is -1.06. The summed E-state index contributed by atoms with van der Waals surface area (Å²) in [6.07, 6.45) is 3.16. The molecule has 4 rings (SSSR count). The molecule has 160 valence electrons. The van der Waals surface area contributed by atoms with Crippen molar-refractivity contribution in [2.24, 2.45) is 11.8 Å². The van der Waals surface area contributed by atoms with Crippen LogP contribution in [-0.2, 0) is 23.9 Å². The molecule has 3 aliphatic rings. The topological polar surface area (TPSA) is 111 Å². The van der Waals surface area contributed by atoms with Crippen molar-refractivity contribution >= 4 is 29.4 Å². The molecular weight excluding hydrogens is 392 g/mol. The van der Waals surface area contributed by atoms with Crippen LogP contribution in [0.25, 0.3) is 0 Å². The van der Waals surface area contributed by atoms with Crippen molar-refractivity contribution < 1.29 is 33.4 Å². The summed E-state index contributed by atoms with van der Waals surface area (Å²) in [4.78, 5) is 50.7. The Bertz CT molecular complexity index is 860. The van der Waals surface area contributed by atoms with E-state index in [0.717, 1.165) is 17.7 Å². The van der Waals surface area contributed by atoms with Gasteiger partial charge in [-0.25, -0.2) is 4.79 Å². The number of imide groups is 1. The van der Waals surface area contributed by atoms with Gasteiger partial charge in [0.1, 0.15) is 19.3 Å². The van der Waals surface area contributed by atoms with Gasteiger partial charge in [0.05, 0.1) is 11.8 Å². The number of hydrogen-bond acceptors (Lipinski definition) is 7. The molecule has 3 atom stereocenters. The summed E-state index contributed by atoms with van der Waals surface area (Å²) in [5.74, 6) is -1.49. The third-order valence-corrected chi connectivity index (χ3v) is 5.78. The molecule has 0 unspecified atom stereocenters. The lowest BCUT2D eigenvalue weighted by Crippen LogP contribution is -2.45. The predicted molar refractivity (Wildman–Crippen MR) is 104 cm³/mol. The lowest BCUT2D eigenvalue weighted by molar-refractivity contribution is -0.159. The fourth-order valence-electron chi connectivity index (χ4n) is 4.25. The molecule has 3 amide bonds. The molecule has 1 aromatic rings. The highest BCUT2D eigenvalue weighted by molar-refractivity contribution is 6.08. The van der Waals surface area contributed by atoms with Gasteiger partial charge < -0.3 is 19.5 Å². The molecule has 1 saturated carbocycles. The Labute approximate surface area is 173 Å². The van der Waals surface area contributed by atoms with Gasteiger partial charge in [-0.2, -0.15) is 0 Å². The number of amides is 3. The largest absolute Gasteiger partial charge is 0.486 e. The molecule has 9 heteroatoms. The number of rotatable bonds is 5. The average molecular weight is 416 g/mol. The van der Waals surface area contributed by atoms with Crippen molar-refractivity contribution in [3.63, 3.8) is 0 Å². The zero-order valence-corrected chi connectivity index (χ0v) is 16.7. The molecule has 9 nitrogen and oxygen atoms in total. The molecular formula is C21H24N2O7. The second kappa shape index (κ2) is 8.33.